The van der Waals surface area contributed by atoms with Gasteiger partial charge in [-0.2, -0.15) is 0 Å². The Balaban J connectivity index is 1.84. The minimum Gasteiger partial charge on any atom is -0.350 e. The number of aromatic nitrogens is 1. The maximum atomic E-state index is 11.9. The average Bonchev–Trinajstić information content (AvgIpc) is 2.48. The molecule has 0 aliphatic heterocycles. The Kier molecular flexibility index (Phi) is 5.26. The van der Waals surface area contributed by atoms with Crippen LogP contribution in [0.4, 0.5) is 0 Å². The first-order valence-electron chi connectivity index (χ1n) is 6.01. The first-order chi connectivity index (χ1) is 9.66. The summed E-state index contributed by atoms with van der Waals surface area (Å²) in [5.41, 5.74) is 0.253. The first kappa shape index (κ1) is 14.7. The summed E-state index contributed by atoms with van der Waals surface area (Å²) in [6, 6.07) is 14.0. The average molecular weight is 309 g/mol. The fourth-order valence-electron chi connectivity index (χ4n) is 1.57. The highest BCUT2D eigenvalue weighted by molar-refractivity contribution is 7.85. The Bertz CT molecular complexity index is 620. The lowest BCUT2D eigenvalue weighted by atomic mass is 10.3. The van der Waals surface area contributed by atoms with Gasteiger partial charge in [-0.1, -0.05) is 35.9 Å². The molecule has 104 valence electrons. The van der Waals surface area contributed by atoms with E-state index >= 15 is 0 Å². The van der Waals surface area contributed by atoms with Gasteiger partial charge in [-0.3, -0.25) is 9.00 Å². The second-order valence-electron chi connectivity index (χ2n) is 3.96. The van der Waals surface area contributed by atoms with Crippen molar-refractivity contribution in [2.24, 2.45) is 0 Å². The van der Waals surface area contributed by atoms with Crippen molar-refractivity contribution < 1.29 is 9.00 Å². The van der Waals surface area contributed by atoms with Gasteiger partial charge in [0.05, 0.1) is 10.8 Å². The predicted molar refractivity (Wildman–Crippen MR) is 79.3 cm³/mol. The van der Waals surface area contributed by atoms with E-state index in [1.54, 1.807) is 30.3 Å². The van der Waals surface area contributed by atoms with Crippen LogP contribution in [0.15, 0.2) is 53.4 Å². The van der Waals surface area contributed by atoms with Crippen LogP contribution in [-0.4, -0.2) is 27.4 Å². The molecule has 1 atom stereocenters. The van der Waals surface area contributed by atoms with Gasteiger partial charge in [0.15, 0.2) is 0 Å². The summed E-state index contributed by atoms with van der Waals surface area (Å²) in [6.07, 6.45) is 0. The molecule has 0 bridgehead atoms. The molecule has 1 amide bonds. The zero-order valence-electron chi connectivity index (χ0n) is 10.6. The molecule has 0 saturated carbocycles. The third kappa shape index (κ3) is 4.15. The summed E-state index contributed by atoms with van der Waals surface area (Å²) >= 11 is 5.71. The van der Waals surface area contributed by atoms with Gasteiger partial charge in [0.1, 0.15) is 10.8 Å². The van der Waals surface area contributed by atoms with Crippen LogP contribution < -0.4 is 5.32 Å². The molecule has 4 nitrogen and oxygen atoms in total. The highest BCUT2D eigenvalue weighted by Gasteiger charge is 2.08. The standard InChI is InChI=1S/C14H13ClN2O2S/c15-13-8-4-7-12(17-13)14(18)16-9-10-20(19)11-5-2-1-3-6-11/h1-8H,9-10H2,(H,16,18). The van der Waals surface area contributed by atoms with Gasteiger partial charge in [0, 0.05) is 17.2 Å². The smallest absolute Gasteiger partial charge is 0.269 e. The molecule has 20 heavy (non-hydrogen) atoms. The summed E-state index contributed by atoms with van der Waals surface area (Å²) in [5.74, 6) is 0.0358. The van der Waals surface area contributed by atoms with Gasteiger partial charge in [-0.15, -0.1) is 0 Å². The lowest BCUT2D eigenvalue weighted by Gasteiger charge is -2.05. The zero-order valence-corrected chi connectivity index (χ0v) is 12.2. The summed E-state index contributed by atoms with van der Waals surface area (Å²) in [6.45, 7) is 0.314. The number of carbonyl (C=O) groups is 1. The summed E-state index contributed by atoms with van der Waals surface area (Å²) in [5, 5.41) is 2.94. The van der Waals surface area contributed by atoms with Gasteiger partial charge >= 0.3 is 0 Å². The van der Waals surface area contributed by atoms with Crippen molar-refractivity contribution in [3.05, 3.63) is 59.4 Å². The number of rotatable bonds is 5. The maximum absolute atomic E-state index is 11.9. The number of hydrogen-bond acceptors (Lipinski definition) is 3. The van der Waals surface area contributed by atoms with Gasteiger partial charge in [-0.25, -0.2) is 4.98 Å². The van der Waals surface area contributed by atoms with Crippen LogP contribution >= 0.6 is 11.6 Å². The van der Waals surface area contributed by atoms with E-state index in [9.17, 15) is 9.00 Å². The van der Waals surface area contributed by atoms with Crippen molar-refractivity contribution in [1.29, 1.82) is 0 Å². The second kappa shape index (κ2) is 7.17. The number of benzene rings is 1. The molecular weight excluding hydrogens is 296 g/mol. The Morgan fingerprint density at radius 2 is 1.90 bits per heavy atom. The summed E-state index contributed by atoms with van der Waals surface area (Å²) in [7, 11) is -1.12. The molecule has 0 radical (unpaired) electrons. The van der Waals surface area contributed by atoms with Crippen LogP contribution in [0.25, 0.3) is 0 Å². The minimum atomic E-state index is -1.12. The van der Waals surface area contributed by atoms with E-state index in [4.69, 9.17) is 11.6 Å². The molecule has 1 aromatic heterocycles. The van der Waals surface area contributed by atoms with Crippen molar-refractivity contribution in [2.75, 3.05) is 12.3 Å². The van der Waals surface area contributed by atoms with Crippen molar-refractivity contribution in [1.82, 2.24) is 10.3 Å². The molecule has 0 saturated heterocycles. The number of halogens is 1. The largest absolute Gasteiger partial charge is 0.350 e. The molecule has 0 aliphatic rings. The van der Waals surface area contributed by atoms with Crippen molar-refractivity contribution in [2.45, 2.75) is 4.90 Å². The van der Waals surface area contributed by atoms with Crippen LogP contribution in [0.3, 0.4) is 0 Å². The number of carbonyl (C=O) groups excluding carboxylic acids is 1. The molecule has 1 unspecified atom stereocenters. The van der Waals surface area contributed by atoms with Gasteiger partial charge < -0.3 is 5.32 Å². The SMILES string of the molecule is O=C(NCCS(=O)c1ccccc1)c1cccc(Cl)n1. The highest BCUT2D eigenvalue weighted by atomic mass is 35.5. The van der Waals surface area contributed by atoms with E-state index in [1.807, 2.05) is 18.2 Å². The maximum Gasteiger partial charge on any atom is 0.269 e. The third-order valence-corrected chi connectivity index (χ3v) is 4.11. The minimum absolute atomic E-state index is 0.253. The van der Waals surface area contributed by atoms with Crippen LogP contribution in [0.1, 0.15) is 10.5 Å². The van der Waals surface area contributed by atoms with Crippen LogP contribution in [0.5, 0.6) is 0 Å². The van der Waals surface area contributed by atoms with E-state index in [-0.39, 0.29) is 16.8 Å². The molecule has 1 N–H and O–H groups in total. The fraction of sp³-hybridized carbons (Fsp3) is 0.143. The molecule has 0 aliphatic carbocycles. The van der Waals surface area contributed by atoms with E-state index in [1.165, 1.54) is 0 Å². The number of hydrogen-bond donors (Lipinski definition) is 1. The summed E-state index contributed by atoms with van der Waals surface area (Å²) < 4.78 is 11.9. The van der Waals surface area contributed by atoms with Gasteiger partial charge in [-0.05, 0) is 24.3 Å². The lowest BCUT2D eigenvalue weighted by Crippen LogP contribution is -2.28. The number of nitrogens with one attached hydrogen (secondary N) is 1. The molecule has 1 aromatic carbocycles. The van der Waals surface area contributed by atoms with Gasteiger partial charge in [0.25, 0.3) is 5.91 Å². The Morgan fingerprint density at radius 3 is 2.60 bits per heavy atom. The van der Waals surface area contributed by atoms with Crippen molar-refractivity contribution >= 4 is 28.3 Å². The quantitative estimate of drug-likeness (QED) is 0.862. The van der Waals surface area contributed by atoms with E-state index in [0.717, 1.165) is 4.90 Å². The van der Waals surface area contributed by atoms with Gasteiger partial charge in [0.2, 0.25) is 0 Å². The Labute approximate surface area is 124 Å². The number of nitrogens with zero attached hydrogens (tertiary/aromatic N) is 1. The summed E-state index contributed by atoms with van der Waals surface area (Å²) in [4.78, 5) is 16.4. The monoisotopic (exact) mass is 308 g/mol. The molecule has 0 fully saturated rings. The van der Waals surface area contributed by atoms with Crippen LogP contribution in [-0.2, 0) is 10.8 Å². The molecule has 2 aromatic rings. The van der Waals surface area contributed by atoms with E-state index < -0.39 is 10.8 Å². The normalized spacial score (nSPS) is 11.8. The van der Waals surface area contributed by atoms with E-state index in [2.05, 4.69) is 10.3 Å². The van der Waals surface area contributed by atoms with E-state index in [0.29, 0.717) is 12.3 Å². The molecule has 6 heteroatoms. The van der Waals surface area contributed by atoms with Crippen LogP contribution in [0.2, 0.25) is 5.15 Å². The molecule has 2 rings (SSSR count). The first-order valence-corrected chi connectivity index (χ1v) is 7.70. The Morgan fingerprint density at radius 1 is 1.15 bits per heavy atom. The number of amides is 1. The van der Waals surface area contributed by atoms with Crippen molar-refractivity contribution in [3.8, 4) is 0 Å². The van der Waals surface area contributed by atoms with Crippen LogP contribution in [0, 0.1) is 0 Å². The second-order valence-corrected chi connectivity index (χ2v) is 5.92. The third-order valence-electron chi connectivity index (χ3n) is 2.53. The Hall–Kier alpha value is -1.72. The molecular formula is C14H13ClN2O2S. The topological polar surface area (TPSA) is 59.1 Å². The fourth-order valence-corrected chi connectivity index (χ4v) is 2.72. The number of pyridine rings is 1. The highest BCUT2D eigenvalue weighted by Crippen LogP contribution is 2.06. The lowest BCUT2D eigenvalue weighted by molar-refractivity contribution is 0.0951. The van der Waals surface area contributed by atoms with Crippen molar-refractivity contribution in [3.63, 3.8) is 0 Å². The predicted octanol–water partition coefficient (Wildman–Crippen LogP) is 2.27. The molecule has 1 heterocycles. The molecule has 0 spiro atoms. The zero-order chi connectivity index (χ0) is 14.4.